The second kappa shape index (κ2) is 7.69. The fourth-order valence-corrected chi connectivity index (χ4v) is 1.67. The van der Waals surface area contributed by atoms with Crippen LogP contribution >= 0.6 is 0 Å². The Morgan fingerprint density at radius 2 is 1.50 bits per heavy atom. The molecule has 4 nitrogen and oxygen atoms in total. The molecule has 0 N–H and O–H groups in total. The average molecular weight is 248 g/mol. The van der Waals surface area contributed by atoms with Crippen LogP contribution in [-0.4, -0.2) is 19.1 Å². The second-order valence-corrected chi connectivity index (χ2v) is 4.40. The van der Waals surface area contributed by atoms with E-state index >= 15 is 0 Å². The van der Waals surface area contributed by atoms with Gasteiger partial charge in [-0.25, -0.2) is 9.97 Å². The fourth-order valence-electron chi connectivity index (χ4n) is 1.67. The Morgan fingerprint density at radius 3 is 1.83 bits per heavy atom. The minimum absolute atomic E-state index is 1.02. The molecule has 0 aromatic carbocycles. The zero-order valence-electron chi connectivity index (χ0n) is 11.9. The number of aromatic nitrogens is 4. The van der Waals surface area contributed by atoms with E-state index in [9.17, 15) is 0 Å². The molecule has 0 aliphatic rings. The van der Waals surface area contributed by atoms with E-state index in [1.807, 2.05) is 25.0 Å². The first-order valence-corrected chi connectivity index (χ1v) is 6.62. The Balaban J connectivity index is 0.000000184. The van der Waals surface area contributed by atoms with Crippen LogP contribution in [0.3, 0.4) is 0 Å². The quantitative estimate of drug-likeness (QED) is 0.833. The minimum atomic E-state index is 1.02. The van der Waals surface area contributed by atoms with Crippen LogP contribution in [0.25, 0.3) is 0 Å². The first kappa shape index (κ1) is 14.5. The van der Waals surface area contributed by atoms with Gasteiger partial charge >= 0.3 is 0 Å². The van der Waals surface area contributed by atoms with Crippen molar-refractivity contribution in [3.05, 3.63) is 36.4 Å². The van der Waals surface area contributed by atoms with E-state index in [2.05, 4.69) is 46.8 Å². The van der Waals surface area contributed by atoms with Gasteiger partial charge in [0, 0.05) is 36.9 Å². The third-order valence-electron chi connectivity index (χ3n) is 2.93. The molecule has 100 valence electrons. The molecule has 0 saturated carbocycles. The van der Waals surface area contributed by atoms with Crippen molar-refractivity contribution in [2.45, 2.75) is 53.6 Å². The van der Waals surface area contributed by atoms with Crippen LogP contribution in [-0.2, 0) is 13.1 Å². The Bertz CT molecular complexity index is 442. The van der Waals surface area contributed by atoms with Crippen molar-refractivity contribution in [2.75, 3.05) is 0 Å². The lowest BCUT2D eigenvalue weighted by atomic mass is 10.3. The van der Waals surface area contributed by atoms with Gasteiger partial charge in [-0.1, -0.05) is 13.3 Å². The van der Waals surface area contributed by atoms with E-state index in [1.54, 1.807) is 0 Å². The normalized spacial score (nSPS) is 10.0. The van der Waals surface area contributed by atoms with Gasteiger partial charge in [0.15, 0.2) is 0 Å². The van der Waals surface area contributed by atoms with E-state index in [1.165, 1.54) is 24.2 Å². The van der Waals surface area contributed by atoms with Gasteiger partial charge in [0.05, 0.1) is 12.7 Å². The van der Waals surface area contributed by atoms with Gasteiger partial charge in [-0.05, 0) is 27.2 Å². The van der Waals surface area contributed by atoms with Gasteiger partial charge in [-0.3, -0.25) is 0 Å². The highest BCUT2D eigenvalue weighted by atomic mass is 15.0. The minimum Gasteiger partial charge on any atom is -0.335 e. The van der Waals surface area contributed by atoms with Crippen molar-refractivity contribution in [1.82, 2.24) is 19.1 Å². The van der Waals surface area contributed by atoms with E-state index in [4.69, 9.17) is 0 Å². The molecule has 0 unspecified atom stereocenters. The van der Waals surface area contributed by atoms with Gasteiger partial charge < -0.3 is 9.13 Å². The summed E-state index contributed by atoms with van der Waals surface area (Å²) in [7, 11) is 0. The van der Waals surface area contributed by atoms with Crippen LogP contribution < -0.4 is 0 Å². The molecule has 0 amide bonds. The maximum absolute atomic E-state index is 4.04. The molecule has 0 fully saturated rings. The summed E-state index contributed by atoms with van der Waals surface area (Å²) in [5.74, 6) is 0. The highest BCUT2D eigenvalue weighted by Crippen LogP contribution is 1.99. The maximum Gasteiger partial charge on any atom is 0.0948 e. The van der Waals surface area contributed by atoms with Gasteiger partial charge in [0.1, 0.15) is 0 Å². The van der Waals surface area contributed by atoms with Crippen molar-refractivity contribution >= 4 is 0 Å². The average Bonchev–Trinajstić information content (AvgIpc) is 2.96. The summed E-state index contributed by atoms with van der Waals surface area (Å²) in [6, 6.07) is 0. The summed E-state index contributed by atoms with van der Waals surface area (Å²) in [6.07, 6.45) is 9.99. The van der Waals surface area contributed by atoms with Crippen molar-refractivity contribution in [1.29, 1.82) is 0 Å². The molecule has 18 heavy (non-hydrogen) atoms. The molecular formula is C14H24N4. The van der Waals surface area contributed by atoms with Crippen LogP contribution in [0.5, 0.6) is 0 Å². The number of unbranched alkanes of at least 4 members (excludes halogenated alkanes) is 1. The van der Waals surface area contributed by atoms with Crippen molar-refractivity contribution in [3.63, 3.8) is 0 Å². The van der Waals surface area contributed by atoms with Crippen molar-refractivity contribution in [3.8, 4) is 0 Å². The smallest absolute Gasteiger partial charge is 0.0948 e. The van der Waals surface area contributed by atoms with Crippen LogP contribution in [0.15, 0.2) is 25.0 Å². The van der Waals surface area contributed by atoms with E-state index < -0.39 is 0 Å². The molecular weight excluding hydrogens is 224 g/mol. The van der Waals surface area contributed by atoms with Crippen molar-refractivity contribution in [2.24, 2.45) is 0 Å². The molecule has 4 heteroatoms. The summed E-state index contributed by atoms with van der Waals surface area (Å²) in [6.45, 7) is 10.6. The summed E-state index contributed by atoms with van der Waals surface area (Å²) >= 11 is 0. The first-order valence-electron chi connectivity index (χ1n) is 6.62. The topological polar surface area (TPSA) is 35.6 Å². The monoisotopic (exact) mass is 248 g/mol. The molecule has 0 saturated heterocycles. The maximum atomic E-state index is 4.04. The third kappa shape index (κ3) is 4.35. The predicted octanol–water partition coefficient (Wildman–Crippen LogP) is 3.20. The van der Waals surface area contributed by atoms with E-state index in [-0.39, 0.29) is 0 Å². The summed E-state index contributed by atoms with van der Waals surface area (Å²) in [5.41, 5.74) is 2.49. The van der Waals surface area contributed by atoms with E-state index in [0.29, 0.717) is 0 Å². The zero-order valence-corrected chi connectivity index (χ0v) is 11.9. The van der Waals surface area contributed by atoms with Gasteiger partial charge in [-0.2, -0.15) is 0 Å². The molecule has 2 rings (SSSR count). The Kier molecular flexibility index (Phi) is 6.19. The van der Waals surface area contributed by atoms with Gasteiger partial charge in [0.25, 0.3) is 0 Å². The number of hydrogen-bond donors (Lipinski definition) is 0. The van der Waals surface area contributed by atoms with Gasteiger partial charge in [-0.15, -0.1) is 0 Å². The molecule has 0 aliphatic carbocycles. The zero-order chi connectivity index (χ0) is 13.4. The van der Waals surface area contributed by atoms with E-state index in [0.717, 1.165) is 13.1 Å². The second-order valence-electron chi connectivity index (χ2n) is 4.40. The van der Waals surface area contributed by atoms with Crippen LogP contribution in [0.4, 0.5) is 0 Å². The molecule has 0 bridgehead atoms. The standard InChI is InChI=1S/C8H14N2.C6H10N2/c1-3-4-5-10-7-9-6-8(10)2;1-3-8-5-7-4-6(8)2/h6-7H,3-5H2,1-2H3;4-5H,3H2,1-2H3. The number of nitrogens with zero attached hydrogens (tertiary/aromatic N) is 4. The molecule has 0 spiro atoms. The lowest BCUT2D eigenvalue weighted by molar-refractivity contribution is 0.619. The van der Waals surface area contributed by atoms with Crippen molar-refractivity contribution < 1.29 is 0 Å². The Labute approximate surface area is 110 Å². The highest BCUT2D eigenvalue weighted by molar-refractivity contribution is 4.93. The molecule has 0 atom stereocenters. The largest absolute Gasteiger partial charge is 0.335 e. The Hall–Kier alpha value is -1.58. The summed E-state index contributed by atoms with van der Waals surface area (Å²) in [5, 5.41) is 0. The summed E-state index contributed by atoms with van der Waals surface area (Å²) in [4.78, 5) is 7.99. The number of rotatable bonds is 4. The molecule has 2 heterocycles. The van der Waals surface area contributed by atoms with Crippen LogP contribution in [0, 0.1) is 13.8 Å². The third-order valence-corrected chi connectivity index (χ3v) is 2.93. The van der Waals surface area contributed by atoms with Crippen LogP contribution in [0.1, 0.15) is 38.1 Å². The van der Waals surface area contributed by atoms with Crippen LogP contribution in [0.2, 0.25) is 0 Å². The summed E-state index contributed by atoms with van der Waals surface area (Å²) < 4.78 is 4.28. The molecule has 0 radical (unpaired) electrons. The first-order chi connectivity index (χ1) is 8.69. The molecule has 2 aromatic rings. The molecule has 0 aliphatic heterocycles. The van der Waals surface area contributed by atoms with Gasteiger partial charge in [0.2, 0.25) is 0 Å². The SMILES string of the molecule is CCCCn1cncc1C.CCn1cncc1C. The predicted molar refractivity (Wildman–Crippen MR) is 74.5 cm³/mol. The number of imidazole rings is 2. The number of aryl methyl sites for hydroxylation is 4. The lowest BCUT2D eigenvalue weighted by Crippen LogP contribution is -1.97. The Morgan fingerprint density at radius 1 is 0.944 bits per heavy atom. The lowest BCUT2D eigenvalue weighted by Gasteiger charge is -2.01. The molecule has 2 aromatic heterocycles. The highest BCUT2D eigenvalue weighted by Gasteiger charge is 1.92. The number of hydrogen-bond acceptors (Lipinski definition) is 2. The fraction of sp³-hybridized carbons (Fsp3) is 0.571.